The Kier molecular flexibility index (Phi) is 5.33. The van der Waals surface area contributed by atoms with E-state index in [2.05, 4.69) is 0 Å². The summed E-state index contributed by atoms with van der Waals surface area (Å²) in [6, 6.07) is 14.1. The van der Waals surface area contributed by atoms with E-state index in [1.807, 2.05) is 43.0 Å². The van der Waals surface area contributed by atoms with Crippen LogP contribution in [0.2, 0.25) is 5.02 Å². The highest BCUT2D eigenvalue weighted by Gasteiger charge is 2.42. The van der Waals surface area contributed by atoms with Gasteiger partial charge in [0.1, 0.15) is 11.4 Å². The Hall–Kier alpha value is -2.79. The zero-order chi connectivity index (χ0) is 20.5. The smallest absolute Gasteiger partial charge is 0.282 e. The van der Waals surface area contributed by atoms with Crippen LogP contribution in [0, 0.1) is 0 Å². The summed E-state index contributed by atoms with van der Waals surface area (Å²) >= 11 is 5.98. The van der Waals surface area contributed by atoms with Crippen molar-refractivity contribution in [3.05, 3.63) is 64.8 Å². The third-order valence-electron chi connectivity index (χ3n) is 5.08. The number of halogens is 1. The Morgan fingerprint density at radius 1 is 0.897 bits per heavy atom. The lowest BCUT2D eigenvalue weighted by atomic mass is 10.0. The van der Waals surface area contributed by atoms with Crippen LogP contribution in [0.3, 0.4) is 0 Å². The van der Waals surface area contributed by atoms with Gasteiger partial charge in [0, 0.05) is 18.1 Å². The summed E-state index contributed by atoms with van der Waals surface area (Å²) in [7, 11) is 0. The SMILES string of the molecule is CC(C)Oc1ccc(C2=C(N3CCCC3)C(=O)N(c3ccc(Cl)cc3)C2=O)cc1. The molecule has 2 aromatic rings. The Morgan fingerprint density at radius 2 is 1.52 bits per heavy atom. The molecule has 2 aliphatic heterocycles. The first-order valence-corrected chi connectivity index (χ1v) is 10.2. The fraction of sp³-hybridized carbons (Fsp3) is 0.304. The molecular formula is C23H23ClN2O3. The topological polar surface area (TPSA) is 49.9 Å². The molecule has 0 unspecified atom stereocenters. The maximum atomic E-state index is 13.4. The minimum Gasteiger partial charge on any atom is -0.491 e. The number of nitrogens with zero attached hydrogens (tertiary/aromatic N) is 2. The van der Waals surface area contributed by atoms with E-state index in [0.29, 0.717) is 22.0 Å². The van der Waals surface area contributed by atoms with Crippen LogP contribution in [-0.2, 0) is 9.59 Å². The molecule has 2 aromatic carbocycles. The molecule has 0 N–H and O–H groups in total. The average Bonchev–Trinajstić information content (AvgIpc) is 3.29. The number of likely N-dealkylation sites (tertiary alicyclic amines) is 1. The predicted molar refractivity (Wildman–Crippen MR) is 114 cm³/mol. The first kappa shape index (κ1) is 19.5. The highest BCUT2D eigenvalue weighted by molar-refractivity contribution is 6.45. The molecule has 0 radical (unpaired) electrons. The van der Waals surface area contributed by atoms with Crippen LogP contribution in [0.1, 0.15) is 32.3 Å². The molecule has 5 nitrogen and oxygen atoms in total. The fourth-order valence-corrected chi connectivity index (χ4v) is 3.94. The summed E-state index contributed by atoms with van der Waals surface area (Å²) in [6.45, 7) is 5.48. The van der Waals surface area contributed by atoms with Crippen LogP contribution in [0.4, 0.5) is 5.69 Å². The van der Waals surface area contributed by atoms with Crippen molar-refractivity contribution in [2.75, 3.05) is 18.0 Å². The second kappa shape index (κ2) is 7.91. The number of imide groups is 1. The lowest BCUT2D eigenvalue weighted by Crippen LogP contribution is -2.34. The number of amides is 2. The molecule has 2 aliphatic rings. The van der Waals surface area contributed by atoms with Gasteiger partial charge in [-0.15, -0.1) is 0 Å². The van der Waals surface area contributed by atoms with Crippen molar-refractivity contribution in [1.29, 1.82) is 0 Å². The normalized spacial score (nSPS) is 17.1. The van der Waals surface area contributed by atoms with Crippen molar-refractivity contribution in [1.82, 2.24) is 4.90 Å². The number of carbonyl (C=O) groups excluding carboxylic acids is 2. The highest BCUT2D eigenvalue weighted by Crippen LogP contribution is 2.36. The van der Waals surface area contributed by atoms with E-state index in [9.17, 15) is 9.59 Å². The summed E-state index contributed by atoms with van der Waals surface area (Å²) in [4.78, 5) is 30.0. The molecule has 0 bridgehead atoms. The molecule has 1 saturated heterocycles. The van der Waals surface area contributed by atoms with Crippen molar-refractivity contribution in [3.8, 4) is 5.75 Å². The third-order valence-corrected chi connectivity index (χ3v) is 5.33. The summed E-state index contributed by atoms with van der Waals surface area (Å²) in [5, 5.41) is 0.557. The van der Waals surface area contributed by atoms with Crippen LogP contribution in [0.5, 0.6) is 5.75 Å². The van der Waals surface area contributed by atoms with Crippen molar-refractivity contribution in [2.45, 2.75) is 32.8 Å². The van der Waals surface area contributed by atoms with Gasteiger partial charge in [-0.3, -0.25) is 9.59 Å². The van der Waals surface area contributed by atoms with Gasteiger partial charge in [0.25, 0.3) is 11.8 Å². The van der Waals surface area contributed by atoms with Crippen molar-refractivity contribution < 1.29 is 14.3 Å². The summed E-state index contributed by atoms with van der Waals surface area (Å²) in [5.74, 6) is 0.145. The van der Waals surface area contributed by atoms with Crippen molar-refractivity contribution in [3.63, 3.8) is 0 Å². The molecule has 4 rings (SSSR count). The molecule has 6 heteroatoms. The molecule has 0 aliphatic carbocycles. The lowest BCUT2D eigenvalue weighted by Gasteiger charge is -2.20. The maximum Gasteiger partial charge on any atom is 0.282 e. The molecule has 0 spiro atoms. The number of rotatable bonds is 5. The molecular weight excluding hydrogens is 388 g/mol. The molecule has 0 saturated carbocycles. The van der Waals surface area contributed by atoms with Gasteiger partial charge in [0.05, 0.1) is 17.4 Å². The summed E-state index contributed by atoms with van der Waals surface area (Å²) in [5.41, 5.74) is 2.18. The third kappa shape index (κ3) is 3.75. The van der Waals surface area contributed by atoms with Crippen LogP contribution in [0.15, 0.2) is 54.2 Å². The Morgan fingerprint density at radius 3 is 2.10 bits per heavy atom. The number of anilines is 1. The zero-order valence-electron chi connectivity index (χ0n) is 16.5. The maximum absolute atomic E-state index is 13.4. The minimum atomic E-state index is -0.309. The van der Waals surface area contributed by atoms with E-state index >= 15 is 0 Å². The standard InChI is InChI=1S/C23H23ClN2O3/c1-15(2)29-19-11-5-16(6-12-19)20-21(25-13-3-4-14-25)23(28)26(22(20)27)18-9-7-17(24)8-10-18/h5-12,15H,3-4,13-14H2,1-2H3. The average molecular weight is 411 g/mol. The monoisotopic (exact) mass is 410 g/mol. The van der Waals surface area contributed by atoms with Gasteiger partial charge in [-0.1, -0.05) is 23.7 Å². The zero-order valence-corrected chi connectivity index (χ0v) is 17.3. The van der Waals surface area contributed by atoms with Gasteiger partial charge < -0.3 is 9.64 Å². The number of ether oxygens (including phenoxy) is 1. The van der Waals surface area contributed by atoms with E-state index < -0.39 is 0 Å². The molecule has 150 valence electrons. The number of carbonyl (C=O) groups is 2. The van der Waals surface area contributed by atoms with Gasteiger partial charge >= 0.3 is 0 Å². The van der Waals surface area contributed by atoms with Crippen molar-refractivity contribution >= 4 is 34.7 Å². The first-order valence-electron chi connectivity index (χ1n) is 9.86. The summed E-state index contributed by atoms with van der Waals surface area (Å²) < 4.78 is 5.71. The van der Waals surface area contributed by atoms with Crippen LogP contribution < -0.4 is 9.64 Å². The molecule has 29 heavy (non-hydrogen) atoms. The minimum absolute atomic E-state index is 0.0651. The molecule has 1 fully saturated rings. The van der Waals surface area contributed by atoms with E-state index in [1.165, 1.54) is 4.90 Å². The molecule has 2 amide bonds. The highest BCUT2D eigenvalue weighted by atomic mass is 35.5. The quantitative estimate of drug-likeness (QED) is 0.680. The lowest BCUT2D eigenvalue weighted by molar-refractivity contribution is -0.120. The van der Waals surface area contributed by atoms with E-state index in [1.54, 1.807) is 24.3 Å². The predicted octanol–water partition coefficient (Wildman–Crippen LogP) is 4.51. The number of benzene rings is 2. The molecule has 0 aromatic heterocycles. The van der Waals surface area contributed by atoms with Crippen molar-refractivity contribution in [2.24, 2.45) is 0 Å². The van der Waals surface area contributed by atoms with Crippen LogP contribution in [-0.4, -0.2) is 35.9 Å². The van der Waals surface area contributed by atoms with Gasteiger partial charge in [-0.05, 0) is 68.7 Å². The van der Waals surface area contributed by atoms with E-state index in [4.69, 9.17) is 16.3 Å². The number of hydrogen-bond acceptors (Lipinski definition) is 4. The largest absolute Gasteiger partial charge is 0.491 e. The Labute approximate surface area is 175 Å². The Bertz CT molecular complexity index is 959. The second-order valence-electron chi connectivity index (χ2n) is 7.53. The van der Waals surface area contributed by atoms with Crippen LogP contribution in [0.25, 0.3) is 5.57 Å². The Balaban J connectivity index is 1.75. The second-order valence-corrected chi connectivity index (χ2v) is 7.97. The van der Waals surface area contributed by atoms with E-state index in [0.717, 1.165) is 37.2 Å². The molecule has 0 atom stereocenters. The fourth-order valence-electron chi connectivity index (χ4n) is 3.81. The first-order chi connectivity index (χ1) is 14.0. The van der Waals surface area contributed by atoms with Gasteiger partial charge in [0.2, 0.25) is 0 Å². The van der Waals surface area contributed by atoms with Gasteiger partial charge in [-0.2, -0.15) is 0 Å². The van der Waals surface area contributed by atoms with Gasteiger partial charge in [-0.25, -0.2) is 4.90 Å². The van der Waals surface area contributed by atoms with Crippen LogP contribution >= 0.6 is 11.6 Å². The molecule has 2 heterocycles. The number of hydrogen-bond donors (Lipinski definition) is 0. The van der Waals surface area contributed by atoms with Gasteiger partial charge in [0.15, 0.2) is 0 Å². The van der Waals surface area contributed by atoms with E-state index in [-0.39, 0.29) is 17.9 Å². The summed E-state index contributed by atoms with van der Waals surface area (Å²) in [6.07, 6.45) is 2.09.